The molecule has 1 aromatic rings. The quantitative estimate of drug-likeness (QED) is 0.889. The Morgan fingerprint density at radius 1 is 1.28 bits per heavy atom. The first-order valence-electron chi connectivity index (χ1n) is 6.72. The van der Waals surface area contributed by atoms with Crippen LogP contribution in [-0.2, 0) is 0 Å². The van der Waals surface area contributed by atoms with Crippen molar-refractivity contribution in [3.8, 4) is 5.75 Å². The molecule has 3 nitrogen and oxygen atoms in total. The molecule has 0 heterocycles. The number of hydrogen-bond donors (Lipinski definition) is 1. The Bertz CT molecular complexity index is 458. The molecule has 0 spiro atoms. The Morgan fingerprint density at radius 2 is 2.11 bits per heavy atom. The van der Waals surface area contributed by atoms with Crippen molar-refractivity contribution < 1.29 is 9.53 Å². The summed E-state index contributed by atoms with van der Waals surface area (Å²) in [5.41, 5.74) is 0.641. The molecule has 3 rings (SSSR count). The van der Waals surface area contributed by atoms with Crippen LogP contribution in [0, 0.1) is 11.8 Å². The molecular formula is C15H19NO2. The summed E-state index contributed by atoms with van der Waals surface area (Å²) < 4.78 is 5.23. The minimum absolute atomic E-state index is 0.00463. The van der Waals surface area contributed by atoms with Crippen molar-refractivity contribution >= 4 is 5.91 Å². The van der Waals surface area contributed by atoms with Crippen LogP contribution in [-0.4, -0.2) is 19.1 Å². The molecule has 2 fully saturated rings. The molecule has 2 aliphatic carbocycles. The zero-order chi connectivity index (χ0) is 12.5. The molecule has 0 unspecified atom stereocenters. The summed E-state index contributed by atoms with van der Waals surface area (Å²) in [4.78, 5) is 12.3. The normalized spacial score (nSPS) is 29.3. The fourth-order valence-corrected chi connectivity index (χ4v) is 3.50. The van der Waals surface area contributed by atoms with Gasteiger partial charge in [-0.3, -0.25) is 4.79 Å². The van der Waals surface area contributed by atoms with Gasteiger partial charge in [0, 0.05) is 6.04 Å². The average Bonchev–Trinajstić information content (AvgIpc) is 3.01. The van der Waals surface area contributed by atoms with Crippen molar-refractivity contribution in [2.75, 3.05) is 7.11 Å². The molecule has 2 aliphatic rings. The van der Waals surface area contributed by atoms with Crippen LogP contribution in [0.3, 0.4) is 0 Å². The highest BCUT2D eigenvalue weighted by molar-refractivity contribution is 5.97. The van der Waals surface area contributed by atoms with Gasteiger partial charge in [0.05, 0.1) is 12.7 Å². The highest BCUT2D eigenvalue weighted by Gasteiger charge is 2.40. The van der Waals surface area contributed by atoms with Crippen molar-refractivity contribution in [1.82, 2.24) is 5.32 Å². The van der Waals surface area contributed by atoms with Gasteiger partial charge in [-0.05, 0) is 43.2 Å². The summed E-state index contributed by atoms with van der Waals surface area (Å²) in [6, 6.07) is 7.78. The van der Waals surface area contributed by atoms with Crippen LogP contribution in [0.4, 0.5) is 0 Å². The van der Waals surface area contributed by atoms with Crippen molar-refractivity contribution in [3.05, 3.63) is 29.8 Å². The second-order valence-corrected chi connectivity index (χ2v) is 5.46. The molecular weight excluding hydrogens is 226 g/mol. The number of rotatable bonds is 3. The number of ether oxygens (including phenoxy) is 1. The summed E-state index contributed by atoms with van der Waals surface area (Å²) in [5.74, 6) is 2.20. The van der Waals surface area contributed by atoms with Crippen LogP contribution >= 0.6 is 0 Å². The van der Waals surface area contributed by atoms with Gasteiger partial charge in [0.15, 0.2) is 0 Å². The largest absolute Gasteiger partial charge is 0.496 e. The number of para-hydroxylation sites is 1. The van der Waals surface area contributed by atoms with Gasteiger partial charge < -0.3 is 10.1 Å². The SMILES string of the molecule is COc1ccccc1C(=O)N[C@@H]1C[C@@H]2CC[C@H]1C2. The van der Waals surface area contributed by atoms with E-state index < -0.39 is 0 Å². The maximum absolute atomic E-state index is 12.3. The van der Waals surface area contributed by atoms with E-state index in [1.165, 1.54) is 19.3 Å². The van der Waals surface area contributed by atoms with Crippen molar-refractivity contribution in [2.24, 2.45) is 11.8 Å². The lowest BCUT2D eigenvalue weighted by Crippen LogP contribution is -2.38. The number of benzene rings is 1. The molecule has 1 N–H and O–H groups in total. The van der Waals surface area contributed by atoms with E-state index in [0.717, 1.165) is 12.3 Å². The summed E-state index contributed by atoms with van der Waals surface area (Å²) in [6.45, 7) is 0. The number of hydrogen-bond acceptors (Lipinski definition) is 2. The number of amides is 1. The molecule has 2 saturated carbocycles. The second kappa shape index (κ2) is 4.63. The predicted molar refractivity (Wildman–Crippen MR) is 69.7 cm³/mol. The van der Waals surface area contributed by atoms with Gasteiger partial charge in [0.2, 0.25) is 0 Å². The van der Waals surface area contributed by atoms with Crippen molar-refractivity contribution in [3.63, 3.8) is 0 Å². The third-order valence-corrected chi connectivity index (χ3v) is 4.41. The molecule has 0 saturated heterocycles. The number of nitrogens with one attached hydrogen (secondary N) is 1. The van der Waals surface area contributed by atoms with Gasteiger partial charge in [0.1, 0.15) is 5.75 Å². The molecule has 2 bridgehead atoms. The summed E-state index contributed by atoms with van der Waals surface area (Å²) in [6.07, 6.45) is 5.09. The minimum Gasteiger partial charge on any atom is -0.496 e. The second-order valence-electron chi connectivity index (χ2n) is 5.46. The van der Waals surface area contributed by atoms with E-state index in [9.17, 15) is 4.79 Å². The zero-order valence-corrected chi connectivity index (χ0v) is 10.7. The highest BCUT2D eigenvalue weighted by atomic mass is 16.5. The molecule has 3 heteroatoms. The molecule has 0 aliphatic heterocycles. The Labute approximate surface area is 108 Å². The molecule has 0 radical (unpaired) electrons. The Morgan fingerprint density at radius 3 is 2.78 bits per heavy atom. The smallest absolute Gasteiger partial charge is 0.255 e. The number of methoxy groups -OCH3 is 1. The lowest BCUT2D eigenvalue weighted by Gasteiger charge is -2.23. The summed E-state index contributed by atoms with van der Waals surface area (Å²) >= 11 is 0. The monoisotopic (exact) mass is 245 g/mol. The van der Waals surface area contributed by atoms with E-state index >= 15 is 0 Å². The first-order chi connectivity index (χ1) is 8.78. The van der Waals surface area contributed by atoms with E-state index in [-0.39, 0.29) is 5.91 Å². The topological polar surface area (TPSA) is 38.3 Å². The summed E-state index contributed by atoms with van der Waals surface area (Å²) in [7, 11) is 1.60. The van der Waals surface area contributed by atoms with E-state index in [1.54, 1.807) is 7.11 Å². The van der Waals surface area contributed by atoms with Crippen LogP contribution in [0.25, 0.3) is 0 Å². The van der Waals surface area contributed by atoms with E-state index in [2.05, 4.69) is 5.32 Å². The number of carbonyl (C=O) groups is 1. The predicted octanol–water partition coefficient (Wildman–Crippen LogP) is 2.61. The molecule has 1 aromatic carbocycles. The van der Waals surface area contributed by atoms with Crippen LogP contribution in [0.15, 0.2) is 24.3 Å². The van der Waals surface area contributed by atoms with Gasteiger partial charge in [-0.2, -0.15) is 0 Å². The maximum atomic E-state index is 12.3. The van der Waals surface area contributed by atoms with E-state index in [0.29, 0.717) is 23.3 Å². The van der Waals surface area contributed by atoms with Crippen LogP contribution in [0.1, 0.15) is 36.0 Å². The fraction of sp³-hybridized carbons (Fsp3) is 0.533. The Hall–Kier alpha value is -1.51. The van der Waals surface area contributed by atoms with Gasteiger partial charge in [0.25, 0.3) is 5.91 Å². The molecule has 3 atom stereocenters. The van der Waals surface area contributed by atoms with E-state index in [1.807, 2.05) is 24.3 Å². The highest BCUT2D eigenvalue weighted by Crippen LogP contribution is 2.44. The number of fused-ring (bicyclic) bond motifs is 2. The molecule has 0 aromatic heterocycles. The molecule has 96 valence electrons. The standard InChI is InChI=1S/C15H19NO2/c1-18-14-5-3-2-4-12(14)15(17)16-13-9-10-6-7-11(13)8-10/h2-5,10-11,13H,6-9H2,1H3,(H,16,17)/t10-,11+,13-/m1/s1. The van der Waals surface area contributed by atoms with Gasteiger partial charge in [-0.15, -0.1) is 0 Å². The summed E-state index contributed by atoms with van der Waals surface area (Å²) in [5, 5.41) is 3.18. The Kier molecular flexibility index (Phi) is 2.98. The number of carbonyl (C=O) groups excluding carboxylic acids is 1. The zero-order valence-electron chi connectivity index (χ0n) is 10.7. The lowest BCUT2D eigenvalue weighted by atomic mass is 9.95. The van der Waals surface area contributed by atoms with Crippen LogP contribution < -0.4 is 10.1 Å². The van der Waals surface area contributed by atoms with Crippen LogP contribution in [0.2, 0.25) is 0 Å². The van der Waals surface area contributed by atoms with Gasteiger partial charge in [-0.1, -0.05) is 18.6 Å². The minimum atomic E-state index is 0.00463. The van der Waals surface area contributed by atoms with Crippen molar-refractivity contribution in [1.29, 1.82) is 0 Å². The lowest BCUT2D eigenvalue weighted by molar-refractivity contribution is 0.0920. The average molecular weight is 245 g/mol. The van der Waals surface area contributed by atoms with Gasteiger partial charge >= 0.3 is 0 Å². The molecule has 1 amide bonds. The molecule has 18 heavy (non-hydrogen) atoms. The fourth-order valence-electron chi connectivity index (χ4n) is 3.50. The van der Waals surface area contributed by atoms with Gasteiger partial charge in [-0.25, -0.2) is 0 Å². The first-order valence-corrected chi connectivity index (χ1v) is 6.72. The third-order valence-electron chi connectivity index (χ3n) is 4.41. The third kappa shape index (κ3) is 1.98. The maximum Gasteiger partial charge on any atom is 0.255 e. The first kappa shape index (κ1) is 11.6. The van der Waals surface area contributed by atoms with Crippen LogP contribution in [0.5, 0.6) is 5.75 Å². The Balaban J connectivity index is 1.71. The van der Waals surface area contributed by atoms with Crippen molar-refractivity contribution in [2.45, 2.75) is 31.7 Å². The van der Waals surface area contributed by atoms with E-state index in [4.69, 9.17) is 4.74 Å².